The van der Waals surface area contributed by atoms with Gasteiger partial charge in [-0.15, -0.1) is 0 Å². The molecule has 1 saturated carbocycles. The lowest BCUT2D eigenvalue weighted by molar-refractivity contribution is 0.288. The van der Waals surface area contributed by atoms with Gasteiger partial charge in [0.1, 0.15) is 5.75 Å². The van der Waals surface area contributed by atoms with Crippen LogP contribution in [0, 0.1) is 11.8 Å². The van der Waals surface area contributed by atoms with Gasteiger partial charge in [-0.1, -0.05) is 12.5 Å². The molecule has 0 radical (unpaired) electrons. The summed E-state index contributed by atoms with van der Waals surface area (Å²) in [5.74, 6) is 2.91. The van der Waals surface area contributed by atoms with Crippen LogP contribution in [0.1, 0.15) is 50.3 Å². The molecule has 1 aromatic rings. The van der Waals surface area contributed by atoms with E-state index in [2.05, 4.69) is 23.1 Å². The van der Waals surface area contributed by atoms with E-state index in [1.165, 1.54) is 43.5 Å². The fourth-order valence-corrected chi connectivity index (χ4v) is 4.00. The Morgan fingerprint density at radius 2 is 2.00 bits per heavy atom. The minimum Gasteiger partial charge on any atom is -0.494 e. The summed E-state index contributed by atoms with van der Waals surface area (Å²) >= 11 is 0. The van der Waals surface area contributed by atoms with Gasteiger partial charge in [0.15, 0.2) is 0 Å². The summed E-state index contributed by atoms with van der Waals surface area (Å²) in [5, 5.41) is 0. The van der Waals surface area contributed by atoms with E-state index in [-0.39, 0.29) is 6.04 Å². The Labute approximate surface area is 128 Å². The summed E-state index contributed by atoms with van der Waals surface area (Å²) in [5.41, 5.74) is 8.53. The average Bonchev–Trinajstić information content (AvgIpc) is 3.01. The Morgan fingerprint density at radius 3 is 2.62 bits per heavy atom. The molecule has 3 heteroatoms. The molecule has 116 valence electrons. The fraction of sp³-hybridized carbons (Fsp3) is 0.667. The molecular formula is C18H28N2O. The lowest BCUT2D eigenvalue weighted by atomic mass is 10.0. The zero-order chi connectivity index (χ0) is 14.8. The third-order valence-corrected chi connectivity index (χ3v) is 5.11. The standard InChI is InChI=1S/C18H28N2O/c1-3-21-18-8-7-14(13(2)19)9-17(18)12-20-10-15-5-4-6-16(15)11-20/h7-9,13,15-16H,3-6,10-12,19H2,1-2H3. The monoisotopic (exact) mass is 288 g/mol. The highest BCUT2D eigenvalue weighted by Gasteiger charge is 2.36. The number of rotatable bonds is 5. The number of nitrogens with zero attached hydrogens (tertiary/aromatic N) is 1. The molecule has 3 unspecified atom stereocenters. The first kappa shape index (κ1) is 14.9. The molecule has 1 aliphatic carbocycles. The molecule has 0 amide bonds. The zero-order valence-corrected chi connectivity index (χ0v) is 13.3. The van der Waals surface area contributed by atoms with Crippen LogP contribution in [0.4, 0.5) is 0 Å². The van der Waals surface area contributed by atoms with Crippen LogP contribution in [0.5, 0.6) is 5.75 Å². The van der Waals surface area contributed by atoms with Gasteiger partial charge in [0.2, 0.25) is 0 Å². The number of fused-ring (bicyclic) bond motifs is 1. The summed E-state index contributed by atoms with van der Waals surface area (Å²) in [6.45, 7) is 8.33. The Hall–Kier alpha value is -1.06. The van der Waals surface area contributed by atoms with Crippen LogP contribution in [0.2, 0.25) is 0 Å². The van der Waals surface area contributed by atoms with Crippen LogP contribution in [-0.4, -0.2) is 24.6 Å². The Balaban J connectivity index is 1.74. The molecule has 0 bridgehead atoms. The van der Waals surface area contributed by atoms with Gasteiger partial charge in [0.05, 0.1) is 6.61 Å². The summed E-state index contributed by atoms with van der Waals surface area (Å²) in [4.78, 5) is 2.61. The van der Waals surface area contributed by atoms with Crippen molar-refractivity contribution >= 4 is 0 Å². The van der Waals surface area contributed by atoms with E-state index in [0.717, 1.165) is 30.7 Å². The molecular weight excluding hydrogens is 260 g/mol. The predicted molar refractivity (Wildman–Crippen MR) is 86.3 cm³/mol. The Morgan fingerprint density at radius 1 is 1.29 bits per heavy atom. The summed E-state index contributed by atoms with van der Waals surface area (Å²) in [6, 6.07) is 6.51. The van der Waals surface area contributed by atoms with Crippen LogP contribution >= 0.6 is 0 Å². The summed E-state index contributed by atoms with van der Waals surface area (Å²) in [6.07, 6.45) is 4.30. The third kappa shape index (κ3) is 3.24. The lowest BCUT2D eigenvalue weighted by Gasteiger charge is -2.20. The van der Waals surface area contributed by atoms with E-state index >= 15 is 0 Å². The zero-order valence-electron chi connectivity index (χ0n) is 13.3. The molecule has 1 aromatic carbocycles. The minimum absolute atomic E-state index is 0.0809. The first-order valence-electron chi connectivity index (χ1n) is 8.41. The van der Waals surface area contributed by atoms with Gasteiger partial charge in [-0.25, -0.2) is 0 Å². The maximum atomic E-state index is 6.04. The number of nitrogens with two attached hydrogens (primary N) is 1. The Kier molecular flexibility index (Phi) is 4.51. The highest BCUT2D eigenvalue weighted by molar-refractivity contribution is 5.38. The molecule has 1 aliphatic heterocycles. The number of benzene rings is 1. The molecule has 0 aromatic heterocycles. The fourth-order valence-electron chi connectivity index (χ4n) is 4.00. The third-order valence-electron chi connectivity index (χ3n) is 5.11. The van der Waals surface area contributed by atoms with Crippen molar-refractivity contribution in [3.8, 4) is 5.75 Å². The molecule has 3 atom stereocenters. The molecule has 2 aliphatic rings. The van der Waals surface area contributed by atoms with E-state index in [9.17, 15) is 0 Å². The van der Waals surface area contributed by atoms with Crippen molar-refractivity contribution in [1.29, 1.82) is 0 Å². The molecule has 1 saturated heterocycles. The lowest BCUT2D eigenvalue weighted by Crippen LogP contribution is -2.22. The highest BCUT2D eigenvalue weighted by atomic mass is 16.5. The van der Waals surface area contributed by atoms with Gasteiger partial charge in [-0.2, -0.15) is 0 Å². The predicted octanol–water partition coefficient (Wildman–Crippen LogP) is 3.34. The molecule has 3 nitrogen and oxygen atoms in total. The minimum atomic E-state index is 0.0809. The molecule has 1 heterocycles. The van der Waals surface area contributed by atoms with Crippen molar-refractivity contribution < 1.29 is 4.74 Å². The van der Waals surface area contributed by atoms with E-state index in [0.29, 0.717) is 0 Å². The van der Waals surface area contributed by atoms with Crippen LogP contribution in [0.15, 0.2) is 18.2 Å². The first-order valence-corrected chi connectivity index (χ1v) is 8.41. The summed E-state index contributed by atoms with van der Waals surface area (Å²) < 4.78 is 5.81. The van der Waals surface area contributed by atoms with Gasteiger partial charge in [0, 0.05) is 31.2 Å². The second kappa shape index (κ2) is 6.37. The summed E-state index contributed by atoms with van der Waals surface area (Å²) in [7, 11) is 0. The Bertz CT molecular complexity index is 474. The van der Waals surface area contributed by atoms with E-state index < -0.39 is 0 Å². The maximum absolute atomic E-state index is 6.04. The number of hydrogen-bond donors (Lipinski definition) is 1. The van der Waals surface area contributed by atoms with Crippen molar-refractivity contribution in [3.05, 3.63) is 29.3 Å². The van der Waals surface area contributed by atoms with Gasteiger partial charge in [-0.05, 0) is 56.2 Å². The normalized spacial score (nSPS) is 26.8. The number of likely N-dealkylation sites (tertiary alicyclic amines) is 1. The smallest absolute Gasteiger partial charge is 0.123 e. The van der Waals surface area contributed by atoms with E-state index in [4.69, 9.17) is 10.5 Å². The van der Waals surface area contributed by atoms with Crippen molar-refractivity contribution in [1.82, 2.24) is 4.90 Å². The molecule has 21 heavy (non-hydrogen) atoms. The largest absolute Gasteiger partial charge is 0.494 e. The first-order chi connectivity index (χ1) is 10.2. The van der Waals surface area contributed by atoms with Crippen LogP contribution in [-0.2, 0) is 6.54 Å². The second-order valence-corrected chi connectivity index (χ2v) is 6.73. The number of hydrogen-bond acceptors (Lipinski definition) is 3. The van der Waals surface area contributed by atoms with Gasteiger partial charge in [0.25, 0.3) is 0 Å². The van der Waals surface area contributed by atoms with Crippen LogP contribution in [0.3, 0.4) is 0 Å². The second-order valence-electron chi connectivity index (χ2n) is 6.73. The van der Waals surface area contributed by atoms with Gasteiger partial charge in [-0.3, -0.25) is 4.90 Å². The average molecular weight is 288 g/mol. The van der Waals surface area contributed by atoms with Crippen LogP contribution < -0.4 is 10.5 Å². The maximum Gasteiger partial charge on any atom is 0.123 e. The quantitative estimate of drug-likeness (QED) is 0.903. The van der Waals surface area contributed by atoms with Crippen LogP contribution in [0.25, 0.3) is 0 Å². The highest BCUT2D eigenvalue weighted by Crippen LogP contribution is 2.38. The van der Waals surface area contributed by atoms with E-state index in [1.54, 1.807) is 0 Å². The molecule has 2 fully saturated rings. The molecule has 2 N–H and O–H groups in total. The molecule has 0 spiro atoms. The van der Waals surface area contributed by atoms with Crippen molar-refractivity contribution in [2.75, 3.05) is 19.7 Å². The van der Waals surface area contributed by atoms with Crippen molar-refractivity contribution in [3.63, 3.8) is 0 Å². The topological polar surface area (TPSA) is 38.5 Å². The van der Waals surface area contributed by atoms with Crippen molar-refractivity contribution in [2.24, 2.45) is 17.6 Å². The SMILES string of the molecule is CCOc1ccc(C(C)N)cc1CN1CC2CCCC2C1. The number of ether oxygens (including phenoxy) is 1. The van der Waals surface area contributed by atoms with Gasteiger partial charge < -0.3 is 10.5 Å². The molecule has 3 rings (SSSR count). The van der Waals surface area contributed by atoms with Gasteiger partial charge >= 0.3 is 0 Å². The van der Waals surface area contributed by atoms with Crippen molar-refractivity contribution in [2.45, 2.75) is 45.7 Å². The van der Waals surface area contributed by atoms with E-state index in [1.807, 2.05) is 13.8 Å².